The number of aromatic carboxylic acids is 1. The van der Waals surface area contributed by atoms with Gasteiger partial charge in [0, 0.05) is 24.5 Å². The summed E-state index contributed by atoms with van der Waals surface area (Å²) < 4.78 is 0. The summed E-state index contributed by atoms with van der Waals surface area (Å²) in [6.07, 6.45) is 10.3. The molecule has 6 heteroatoms. The first-order valence-corrected chi connectivity index (χ1v) is 10.9. The molecule has 0 atom stereocenters. The highest BCUT2D eigenvalue weighted by atomic mass is 16.4. The molecule has 1 aliphatic rings. The molecular formula is C26H24N4O2. The molecule has 1 aliphatic carbocycles. The van der Waals surface area contributed by atoms with Crippen molar-refractivity contribution in [3.05, 3.63) is 83.7 Å². The molecule has 3 N–H and O–H groups in total. The van der Waals surface area contributed by atoms with Gasteiger partial charge in [-0.05, 0) is 60.1 Å². The van der Waals surface area contributed by atoms with Crippen LogP contribution in [0.25, 0.3) is 27.6 Å². The van der Waals surface area contributed by atoms with Crippen LogP contribution >= 0.6 is 0 Å². The summed E-state index contributed by atoms with van der Waals surface area (Å²) in [5.74, 6) is -0.278. The van der Waals surface area contributed by atoms with E-state index >= 15 is 0 Å². The third-order valence-electron chi connectivity index (χ3n) is 6.03. The van der Waals surface area contributed by atoms with E-state index in [1.165, 1.54) is 42.7 Å². The number of carboxylic acid groups (broad SMARTS) is 1. The van der Waals surface area contributed by atoms with Gasteiger partial charge in [0.05, 0.1) is 16.5 Å². The number of aromatic nitrogens is 3. The maximum atomic E-state index is 11.5. The molecule has 160 valence electrons. The summed E-state index contributed by atoms with van der Waals surface area (Å²) in [6.45, 7) is 0.316. The van der Waals surface area contributed by atoms with Gasteiger partial charge in [0.15, 0.2) is 5.82 Å². The van der Waals surface area contributed by atoms with Gasteiger partial charge < -0.3 is 10.4 Å². The van der Waals surface area contributed by atoms with Gasteiger partial charge in [-0.25, -0.2) is 4.79 Å². The average Bonchev–Trinajstić information content (AvgIpc) is 3.27. The first kappa shape index (κ1) is 20.0. The molecule has 0 saturated carbocycles. The number of benzene rings is 2. The fourth-order valence-corrected chi connectivity index (χ4v) is 4.36. The standard InChI is InChI=1S/C26H24N4O2/c31-26(32)22-13-14-27-15-20(22)16-28-25-24-21(7-4-8-23(24)29-30-25)19-11-9-18(10-12-19)17-5-2-1-3-6-17/h4-5,7-15H,1-3,6,16H2,(H,31,32)(H2,28,29,30). The fraction of sp³-hybridized carbons (Fsp3) is 0.192. The Kier molecular flexibility index (Phi) is 5.42. The summed E-state index contributed by atoms with van der Waals surface area (Å²) in [6, 6.07) is 16.3. The van der Waals surface area contributed by atoms with Crippen LogP contribution < -0.4 is 5.32 Å². The molecule has 32 heavy (non-hydrogen) atoms. The van der Waals surface area contributed by atoms with Crippen molar-refractivity contribution < 1.29 is 9.90 Å². The van der Waals surface area contributed by atoms with Crippen LogP contribution in [0.2, 0.25) is 0 Å². The van der Waals surface area contributed by atoms with Gasteiger partial charge in [-0.15, -0.1) is 0 Å². The third-order valence-corrected chi connectivity index (χ3v) is 6.03. The second kappa shape index (κ2) is 8.67. The molecule has 0 fully saturated rings. The van der Waals surface area contributed by atoms with Crippen LogP contribution in [0.5, 0.6) is 0 Å². The van der Waals surface area contributed by atoms with Crippen molar-refractivity contribution in [1.82, 2.24) is 15.2 Å². The molecular weight excluding hydrogens is 400 g/mol. The minimum Gasteiger partial charge on any atom is -0.478 e. The number of aromatic amines is 1. The molecule has 0 bridgehead atoms. The smallest absolute Gasteiger partial charge is 0.336 e. The molecule has 0 spiro atoms. The Balaban J connectivity index is 1.46. The van der Waals surface area contributed by atoms with E-state index in [4.69, 9.17) is 0 Å². The van der Waals surface area contributed by atoms with Crippen LogP contribution in [0.3, 0.4) is 0 Å². The summed E-state index contributed by atoms with van der Waals surface area (Å²) in [5.41, 5.74) is 6.70. The van der Waals surface area contributed by atoms with E-state index in [1.807, 2.05) is 12.1 Å². The van der Waals surface area contributed by atoms with Crippen molar-refractivity contribution >= 4 is 28.3 Å². The normalized spacial score (nSPS) is 13.7. The Morgan fingerprint density at radius 2 is 1.91 bits per heavy atom. The van der Waals surface area contributed by atoms with Gasteiger partial charge in [0.25, 0.3) is 0 Å². The maximum absolute atomic E-state index is 11.5. The van der Waals surface area contributed by atoms with Gasteiger partial charge in [0.1, 0.15) is 0 Å². The van der Waals surface area contributed by atoms with Crippen molar-refractivity contribution in [3.8, 4) is 11.1 Å². The van der Waals surface area contributed by atoms with Crippen molar-refractivity contribution in [1.29, 1.82) is 0 Å². The Labute approximate surface area is 186 Å². The first-order chi connectivity index (χ1) is 15.7. The van der Waals surface area contributed by atoms with Crippen LogP contribution in [-0.4, -0.2) is 26.3 Å². The zero-order valence-corrected chi connectivity index (χ0v) is 17.6. The molecule has 0 aliphatic heterocycles. The predicted molar refractivity (Wildman–Crippen MR) is 126 cm³/mol. The highest BCUT2D eigenvalue weighted by Crippen LogP contribution is 2.34. The lowest BCUT2D eigenvalue weighted by Gasteiger charge is -2.14. The fourth-order valence-electron chi connectivity index (χ4n) is 4.36. The second-order valence-electron chi connectivity index (χ2n) is 8.04. The van der Waals surface area contributed by atoms with Crippen molar-refractivity contribution in [2.75, 3.05) is 5.32 Å². The number of rotatable bonds is 6. The number of nitrogens with one attached hydrogen (secondary N) is 2. The van der Waals surface area contributed by atoms with Crippen molar-refractivity contribution in [3.63, 3.8) is 0 Å². The number of hydrogen-bond acceptors (Lipinski definition) is 4. The van der Waals surface area contributed by atoms with Crippen LogP contribution in [0.4, 0.5) is 5.82 Å². The SMILES string of the molecule is O=C(O)c1ccncc1CNc1n[nH]c2cccc(-c3ccc(C4=CCCCC4)cc3)c12. The number of carbonyl (C=O) groups is 1. The molecule has 0 unspecified atom stereocenters. The second-order valence-corrected chi connectivity index (χ2v) is 8.04. The molecule has 0 amide bonds. The van der Waals surface area contributed by atoms with Crippen LogP contribution in [0, 0.1) is 0 Å². The summed E-state index contributed by atoms with van der Waals surface area (Å²) >= 11 is 0. The highest BCUT2D eigenvalue weighted by Gasteiger charge is 2.15. The van der Waals surface area contributed by atoms with Gasteiger partial charge in [-0.2, -0.15) is 5.10 Å². The molecule has 6 nitrogen and oxygen atoms in total. The lowest BCUT2D eigenvalue weighted by atomic mass is 9.92. The topological polar surface area (TPSA) is 90.9 Å². The van der Waals surface area contributed by atoms with Gasteiger partial charge in [0.2, 0.25) is 0 Å². The first-order valence-electron chi connectivity index (χ1n) is 10.9. The third kappa shape index (κ3) is 3.87. The molecule has 0 radical (unpaired) electrons. The number of allylic oxidation sites excluding steroid dienone is 2. The molecule has 4 aromatic rings. The quantitative estimate of drug-likeness (QED) is 0.359. The van der Waals surface area contributed by atoms with Gasteiger partial charge in [-0.3, -0.25) is 10.1 Å². The Morgan fingerprint density at radius 1 is 1.06 bits per heavy atom. The largest absolute Gasteiger partial charge is 0.478 e. The molecule has 2 aromatic carbocycles. The Hall–Kier alpha value is -3.93. The van der Waals surface area contributed by atoms with Crippen LogP contribution in [0.1, 0.15) is 47.2 Å². The monoisotopic (exact) mass is 424 g/mol. The van der Waals surface area contributed by atoms with E-state index in [0.717, 1.165) is 28.5 Å². The summed E-state index contributed by atoms with van der Waals surface area (Å²) in [4.78, 5) is 15.6. The lowest BCUT2D eigenvalue weighted by molar-refractivity contribution is 0.0695. The van der Waals surface area contributed by atoms with Crippen LogP contribution in [0.15, 0.2) is 67.0 Å². The summed E-state index contributed by atoms with van der Waals surface area (Å²) in [5, 5.41) is 21.2. The Morgan fingerprint density at radius 3 is 2.69 bits per heavy atom. The molecule has 2 heterocycles. The predicted octanol–water partition coefficient (Wildman–Crippen LogP) is 5.89. The van der Waals surface area contributed by atoms with E-state index in [1.54, 1.807) is 6.20 Å². The van der Waals surface area contributed by atoms with Crippen LogP contribution in [-0.2, 0) is 6.54 Å². The molecule has 5 rings (SSSR count). The van der Waals surface area contributed by atoms with Gasteiger partial charge >= 0.3 is 5.97 Å². The van der Waals surface area contributed by atoms with Crippen molar-refractivity contribution in [2.24, 2.45) is 0 Å². The number of nitrogens with zero attached hydrogens (tertiary/aromatic N) is 2. The number of anilines is 1. The van der Waals surface area contributed by atoms with Gasteiger partial charge in [-0.1, -0.05) is 42.5 Å². The van der Waals surface area contributed by atoms with E-state index in [2.05, 4.69) is 56.9 Å². The zero-order valence-electron chi connectivity index (χ0n) is 17.6. The maximum Gasteiger partial charge on any atom is 0.336 e. The van der Waals surface area contributed by atoms with E-state index in [9.17, 15) is 9.90 Å². The minimum absolute atomic E-state index is 0.236. The molecule has 0 saturated heterocycles. The highest BCUT2D eigenvalue weighted by molar-refractivity contribution is 6.02. The zero-order chi connectivity index (χ0) is 21.9. The lowest BCUT2D eigenvalue weighted by Crippen LogP contribution is -2.08. The number of H-pyrrole nitrogens is 1. The number of fused-ring (bicyclic) bond motifs is 1. The number of carboxylic acids is 1. The van der Waals surface area contributed by atoms with E-state index < -0.39 is 5.97 Å². The number of pyridine rings is 1. The molecule has 2 aromatic heterocycles. The minimum atomic E-state index is -0.968. The number of hydrogen-bond donors (Lipinski definition) is 3. The van der Waals surface area contributed by atoms with E-state index in [-0.39, 0.29) is 5.56 Å². The Bertz CT molecular complexity index is 1310. The summed E-state index contributed by atoms with van der Waals surface area (Å²) in [7, 11) is 0. The average molecular weight is 425 g/mol. The van der Waals surface area contributed by atoms with E-state index in [0.29, 0.717) is 17.9 Å². The van der Waals surface area contributed by atoms with Crippen molar-refractivity contribution in [2.45, 2.75) is 32.2 Å².